The van der Waals surface area contributed by atoms with Gasteiger partial charge in [0.2, 0.25) is 0 Å². The highest BCUT2D eigenvalue weighted by Gasteiger charge is 2.23. The van der Waals surface area contributed by atoms with E-state index in [1.807, 2.05) is 42.2 Å². The number of para-hydroxylation sites is 1. The topological polar surface area (TPSA) is 74.0 Å². The van der Waals surface area contributed by atoms with Crippen LogP contribution in [0.3, 0.4) is 0 Å². The Kier molecular flexibility index (Phi) is 9.09. The van der Waals surface area contributed by atoms with Crippen molar-refractivity contribution in [1.82, 2.24) is 4.90 Å². The molecule has 0 aliphatic carbocycles. The molecule has 0 bridgehead atoms. The van der Waals surface area contributed by atoms with Crippen molar-refractivity contribution in [3.63, 3.8) is 0 Å². The minimum absolute atomic E-state index is 0. The highest BCUT2D eigenvalue weighted by Crippen LogP contribution is 2.29. The van der Waals surface area contributed by atoms with E-state index < -0.39 is 0 Å². The molecule has 158 valence electrons. The Bertz CT molecular complexity index is 773. The first-order chi connectivity index (χ1) is 13.7. The average molecular weight is 421 g/mol. The predicted octanol–water partition coefficient (Wildman–Crippen LogP) is 3.53. The van der Waals surface area contributed by atoms with Gasteiger partial charge in [-0.2, -0.15) is 0 Å². The summed E-state index contributed by atoms with van der Waals surface area (Å²) in [5.41, 5.74) is 6.59. The summed E-state index contributed by atoms with van der Waals surface area (Å²) >= 11 is 0. The number of hydrogen-bond donors (Lipinski definition) is 1. The number of rotatable bonds is 8. The van der Waals surface area contributed by atoms with Crippen LogP contribution in [-0.2, 0) is 0 Å². The molecule has 2 aromatic carbocycles. The third-order valence-corrected chi connectivity index (χ3v) is 4.59. The van der Waals surface area contributed by atoms with Gasteiger partial charge in [-0.15, -0.1) is 12.4 Å². The predicted molar refractivity (Wildman–Crippen MR) is 115 cm³/mol. The summed E-state index contributed by atoms with van der Waals surface area (Å²) in [6.45, 7) is 4.53. The summed E-state index contributed by atoms with van der Waals surface area (Å²) in [5.74, 6) is 1.95. The Labute approximate surface area is 178 Å². The van der Waals surface area contributed by atoms with Crippen LogP contribution >= 0.6 is 12.4 Å². The van der Waals surface area contributed by atoms with Gasteiger partial charge in [-0.3, -0.25) is 4.79 Å². The molecule has 29 heavy (non-hydrogen) atoms. The normalized spacial score (nSPS) is 15.9. The molecule has 1 heterocycles. The Balaban J connectivity index is 0.00000300. The molecule has 2 aromatic rings. The SMILES string of the molecule is CCOc1cc(C(=O)N2CCCC(N)C2)ccc1OCCOc1ccccc1.Cl. The summed E-state index contributed by atoms with van der Waals surface area (Å²) in [6.07, 6.45) is 1.90. The molecule has 1 atom stereocenters. The van der Waals surface area contributed by atoms with Gasteiger partial charge in [0.1, 0.15) is 19.0 Å². The van der Waals surface area contributed by atoms with Gasteiger partial charge in [-0.05, 0) is 50.1 Å². The van der Waals surface area contributed by atoms with Crippen molar-refractivity contribution in [2.75, 3.05) is 32.9 Å². The lowest BCUT2D eigenvalue weighted by atomic mass is 10.1. The van der Waals surface area contributed by atoms with Gasteiger partial charge in [0, 0.05) is 24.7 Å². The first kappa shape index (κ1) is 22.8. The third kappa shape index (κ3) is 6.54. The van der Waals surface area contributed by atoms with Gasteiger partial charge in [-0.25, -0.2) is 0 Å². The van der Waals surface area contributed by atoms with E-state index in [9.17, 15) is 4.79 Å². The molecule has 0 radical (unpaired) electrons. The first-order valence-corrected chi connectivity index (χ1v) is 9.79. The van der Waals surface area contributed by atoms with Crippen LogP contribution in [0.5, 0.6) is 17.2 Å². The van der Waals surface area contributed by atoms with Crippen LogP contribution in [0.1, 0.15) is 30.1 Å². The number of piperidine rings is 1. The third-order valence-electron chi connectivity index (χ3n) is 4.59. The lowest BCUT2D eigenvalue weighted by Crippen LogP contribution is -2.45. The van der Waals surface area contributed by atoms with Gasteiger partial charge in [0.15, 0.2) is 11.5 Å². The molecule has 7 heteroatoms. The fourth-order valence-corrected chi connectivity index (χ4v) is 3.23. The van der Waals surface area contributed by atoms with E-state index >= 15 is 0 Å². The average Bonchev–Trinajstić information content (AvgIpc) is 2.72. The van der Waals surface area contributed by atoms with Crippen molar-refractivity contribution in [1.29, 1.82) is 0 Å². The molecule has 0 aromatic heterocycles. The zero-order chi connectivity index (χ0) is 19.8. The molecule has 1 amide bonds. The Morgan fingerprint density at radius 1 is 1.07 bits per heavy atom. The Morgan fingerprint density at radius 3 is 2.55 bits per heavy atom. The molecule has 1 fully saturated rings. The van der Waals surface area contributed by atoms with Gasteiger partial charge >= 0.3 is 0 Å². The molecule has 1 aliphatic rings. The van der Waals surface area contributed by atoms with Crippen molar-refractivity contribution in [2.45, 2.75) is 25.8 Å². The molecule has 2 N–H and O–H groups in total. The van der Waals surface area contributed by atoms with Crippen LogP contribution < -0.4 is 19.9 Å². The molecule has 6 nitrogen and oxygen atoms in total. The minimum atomic E-state index is -0.0185. The molecule has 1 saturated heterocycles. The highest BCUT2D eigenvalue weighted by atomic mass is 35.5. The van der Waals surface area contributed by atoms with E-state index in [2.05, 4.69) is 0 Å². The zero-order valence-corrected chi connectivity index (χ0v) is 17.5. The number of carbonyl (C=O) groups excluding carboxylic acids is 1. The summed E-state index contributed by atoms with van der Waals surface area (Å²) in [7, 11) is 0. The van der Waals surface area contributed by atoms with E-state index in [0.29, 0.717) is 43.4 Å². The van der Waals surface area contributed by atoms with Crippen molar-refractivity contribution in [3.8, 4) is 17.2 Å². The first-order valence-electron chi connectivity index (χ1n) is 9.79. The number of amides is 1. The summed E-state index contributed by atoms with van der Waals surface area (Å²) in [5, 5.41) is 0. The number of ether oxygens (including phenoxy) is 3. The van der Waals surface area contributed by atoms with E-state index in [4.69, 9.17) is 19.9 Å². The molecular weight excluding hydrogens is 392 g/mol. The number of likely N-dealkylation sites (tertiary alicyclic amines) is 1. The van der Waals surface area contributed by atoms with Crippen LogP contribution in [0, 0.1) is 0 Å². The number of carbonyl (C=O) groups is 1. The molecule has 3 rings (SSSR count). The molecule has 0 spiro atoms. The van der Waals surface area contributed by atoms with E-state index in [0.717, 1.165) is 25.1 Å². The van der Waals surface area contributed by atoms with Crippen LogP contribution in [0.2, 0.25) is 0 Å². The number of nitrogens with two attached hydrogens (primary N) is 1. The van der Waals surface area contributed by atoms with Crippen molar-refractivity contribution in [2.24, 2.45) is 5.73 Å². The van der Waals surface area contributed by atoms with Crippen LogP contribution in [0.25, 0.3) is 0 Å². The minimum Gasteiger partial charge on any atom is -0.490 e. The second kappa shape index (κ2) is 11.5. The van der Waals surface area contributed by atoms with Gasteiger partial charge in [0.25, 0.3) is 5.91 Å². The smallest absolute Gasteiger partial charge is 0.254 e. The number of halogens is 1. The van der Waals surface area contributed by atoms with Crippen LogP contribution in [-0.4, -0.2) is 49.8 Å². The summed E-state index contributed by atoms with van der Waals surface area (Å²) in [6, 6.07) is 15.0. The summed E-state index contributed by atoms with van der Waals surface area (Å²) < 4.78 is 17.1. The van der Waals surface area contributed by atoms with Gasteiger partial charge in [0.05, 0.1) is 6.61 Å². The van der Waals surface area contributed by atoms with Crippen molar-refractivity contribution in [3.05, 3.63) is 54.1 Å². The Hall–Kier alpha value is -2.44. The van der Waals surface area contributed by atoms with E-state index in [-0.39, 0.29) is 24.4 Å². The lowest BCUT2D eigenvalue weighted by Gasteiger charge is -2.31. The standard InChI is InChI=1S/C22H28N2O4.ClH/c1-2-26-21-15-17(22(25)24-12-6-7-18(23)16-24)10-11-20(21)28-14-13-27-19-8-4-3-5-9-19;/h3-5,8-11,15,18H,2,6-7,12-14,16,23H2,1H3;1H. The van der Waals surface area contributed by atoms with Crippen LogP contribution in [0.4, 0.5) is 0 Å². The summed E-state index contributed by atoms with van der Waals surface area (Å²) in [4.78, 5) is 14.6. The maximum absolute atomic E-state index is 12.8. The Morgan fingerprint density at radius 2 is 1.83 bits per heavy atom. The monoisotopic (exact) mass is 420 g/mol. The molecule has 0 saturated carbocycles. The molecular formula is C22H29ClN2O4. The molecule has 1 aliphatic heterocycles. The fraction of sp³-hybridized carbons (Fsp3) is 0.409. The van der Waals surface area contributed by atoms with Gasteiger partial charge < -0.3 is 24.8 Å². The highest BCUT2D eigenvalue weighted by molar-refractivity contribution is 5.95. The largest absolute Gasteiger partial charge is 0.490 e. The van der Waals surface area contributed by atoms with E-state index in [1.165, 1.54) is 0 Å². The van der Waals surface area contributed by atoms with Gasteiger partial charge in [-0.1, -0.05) is 18.2 Å². The number of hydrogen-bond acceptors (Lipinski definition) is 5. The second-order valence-corrected chi connectivity index (χ2v) is 6.76. The number of benzene rings is 2. The van der Waals surface area contributed by atoms with Crippen molar-refractivity contribution < 1.29 is 19.0 Å². The maximum Gasteiger partial charge on any atom is 0.254 e. The van der Waals surface area contributed by atoms with Crippen LogP contribution in [0.15, 0.2) is 48.5 Å². The van der Waals surface area contributed by atoms with E-state index in [1.54, 1.807) is 18.2 Å². The fourth-order valence-electron chi connectivity index (χ4n) is 3.23. The molecule has 1 unspecified atom stereocenters. The second-order valence-electron chi connectivity index (χ2n) is 6.76. The number of nitrogens with zero attached hydrogens (tertiary/aromatic N) is 1. The maximum atomic E-state index is 12.8. The lowest BCUT2D eigenvalue weighted by molar-refractivity contribution is 0.0708. The zero-order valence-electron chi connectivity index (χ0n) is 16.7. The quantitative estimate of drug-likeness (QED) is 0.661. The van der Waals surface area contributed by atoms with Crippen molar-refractivity contribution >= 4 is 18.3 Å².